The summed E-state index contributed by atoms with van der Waals surface area (Å²) in [6, 6.07) is 15.0. The Balaban J connectivity index is 1.32. The number of amides is 2. The van der Waals surface area contributed by atoms with E-state index >= 15 is 0 Å². The number of alkyl halides is 1. The van der Waals surface area contributed by atoms with E-state index in [0.29, 0.717) is 31.0 Å². The minimum Gasteiger partial charge on any atom is -0.465 e. The Kier molecular flexibility index (Phi) is 15.4. The number of carbonyl (C=O) groups is 4. The zero-order valence-electron chi connectivity index (χ0n) is 38.3. The highest BCUT2D eigenvalue weighted by Gasteiger charge is 2.40. The zero-order chi connectivity index (χ0) is 44.7. The van der Waals surface area contributed by atoms with Gasteiger partial charge in [0, 0.05) is 68.1 Å². The van der Waals surface area contributed by atoms with Gasteiger partial charge in [0.1, 0.15) is 13.0 Å². The highest BCUT2D eigenvalue weighted by Crippen LogP contribution is 2.42. The number of aldehydes is 1. The molecular weight excluding hydrogens is 782 g/mol. The fraction of sp³-hybridized carbons (Fsp3) is 0.549. The zero-order valence-corrected chi connectivity index (χ0v) is 38.3. The largest absolute Gasteiger partial charge is 0.465 e. The van der Waals surface area contributed by atoms with Crippen LogP contribution >= 0.6 is 0 Å². The Morgan fingerprint density at radius 2 is 1.76 bits per heavy atom. The number of likely N-dealkylation sites (tertiary alicyclic amines) is 1. The van der Waals surface area contributed by atoms with Crippen molar-refractivity contribution in [1.82, 2.24) is 24.7 Å². The number of ether oxygens (including phenoxy) is 1. The minimum absolute atomic E-state index is 0.0676. The molecule has 10 nitrogen and oxygen atoms in total. The summed E-state index contributed by atoms with van der Waals surface area (Å²) in [4.78, 5) is 60.1. The van der Waals surface area contributed by atoms with Crippen molar-refractivity contribution in [2.75, 3.05) is 32.8 Å². The Morgan fingerprint density at radius 3 is 2.40 bits per heavy atom. The molecule has 1 saturated carbocycles. The number of rotatable bonds is 19. The fourth-order valence-corrected chi connectivity index (χ4v) is 10.1. The van der Waals surface area contributed by atoms with Crippen molar-refractivity contribution >= 4 is 35.0 Å². The van der Waals surface area contributed by atoms with Crippen LogP contribution in [0.2, 0.25) is 0 Å². The van der Waals surface area contributed by atoms with E-state index < -0.39 is 18.1 Å². The fourth-order valence-electron chi connectivity index (χ4n) is 10.1. The number of halogens is 1. The number of hydrogen-bond acceptors (Lipinski definition) is 7. The first-order chi connectivity index (χ1) is 29.7. The van der Waals surface area contributed by atoms with Crippen LogP contribution in [0.4, 0.5) is 4.39 Å². The van der Waals surface area contributed by atoms with Gasteiger partial charge in [0.2, 0.25) is 11.8 Å². The van der Waals surface area contributed by atoms with Gasteiger partial charge >= 0.3 is 5.97 Å². The summed E-state index contributed by atoms with van der Waals surface area (Å²) in [5.41, 5.74) is 7.97. The van der Waals surface area contributed by atoms with Crippen LogP contribution in [0.25, 0.3) is 33.3 Å². The van der Waals surface area contributed by atoms with E-state index in [9.17, 15) is 23.6 Å². The van der Waals surface area contributed by atoms with Crippen LogP contribution in [0.5, 0.6) is 0 Å². The number of pyridine rings is 1. The van der Waals surface area contributed by atoms with Gasteiger partial charge in [-0.25, -0.2) is 4.39 Å². The summed E-state index contributed by atoms with van der Waals surface area (Å²) in [6.07, 6.45) is 8.54. The monoisotopic (exact) mass is 850 g/mol. The second-order valence-electron chi connectivity index (χ2n) is 18.8. The molecule has 2 amide bonds. The number of aromatic nitrogens is 2. The van der Waals surface area contributed by atoms with Gasteiger partial charge in [0.15, 0.2) is 0 Å². The first kappa shape index (κ1) is 46.6. The molecule has 4 aromatic rings. The summed E-state index contributed by atoms with van der Waals surface area (Å²) in [5.74, 6) is 0.314. The summed E-state index contributed by atoms with van der Waals surface area (Å²) in [5, 5.41) is 4.18. The van der Waals surface area contributed by atoms with Crippen LogP contribution in [0, 0.1) is 17.3 Å². The molecule has 0 spiro atoms. The van der Waals surface area contributed by atoms with Crippen LogP contribution in [0.1, 0.15) is 116 Å². The molecule has 11 heteroatoms. The molecule has 1 N–H and O–H groups in total. The maximum Gasteiger partial charge on any atom is 0.302 e. The molecule has 1 aliphatic carbocycles. The molecule has 334 valence electrons. The molecule has 3 heterocycles. The van der Waals surface area contributed by atoms with Crippen LogP contribution in [0.15, 0.2) is 54.7 Å². The SMILES string of the molecule is CCN(CC1CCN(C(C(=O)NC(C=O)Cc2cc(CF)cc(-c3ccc4c(c3)c(CC(C)(C)COC(C)=O)c(-c3cccnc3C(C)C)n4CC)c2)C2CCCC2)C1)C(C)=O. The summed E-state index contributed by atoms with van der Waals surface area (Å²) in [7, 11) is 0. The lowest BCUT2D eigenvalue weighted by atomic mass is 9.84. The lowest BCUT2D eigenvalue weighted by molar-refractivity contribution is -0.144. The number of aryl methyl sites for hydroxylation is 1. The molecule has 3 atom stereocenters. The van der Waals surface area contributed by atoms with Crippen LogP contribution in [-0.2, 0) is 50.0 Å². The van der Waals surface area contributed by atoms with Gasteiger partial charge in [-0.3, -0.25) is 24.3 Å². The Hall–Kier alpha value is -4.90. The molecule has 0 radical (unpaired) electrons. The van der Waals surface area contributed by atoms with E-state index in [1.165, 1.54) is 6.92 Å². The van der Waals surface area contributed by atoms with Crippen LogP contribution in [-0.4, -0.2) is 88.3 Å². The van der Waals surface area contributed by atoms with E-state index in [2.05, 4.69) is 73.7 Å². The molecule has 1 aliphatic heterocycles. The van der Waals surface area contributed by atoms with E-state index in [4.69, 9.17) is 9.72 Å². The summed E-state index contributed by atoms with van der Waals surface area (Å²) >= 11 is 0. The van der Waals surface area contributed by atoms with E-state index in [-0.39, 0.29) is 48.7 Å². The summed E-state index contributed by atoms with van der Waals surface area (Å²) < 4.78 is 22.6. The first-order valence-corrected chi connectivity index (χ1v) is 22.8. The van der Waals surface area contributed by atoms with Gasteiger partial charge in [-0.15, -0.1) is 0 Å². The Morgan fingerprint density at radius 1 is 1.02 bits per heavy atom. The number of carbonyl (C=O) groups excluding carboxylic acids is 4. The third-order valence-corrected chi connectivity index (χ3v) is 13.1. The molecule has 2 aromatic carbocycles. The molecule has 3 unspecified atom stereocenters. The summed E-state index contributed by atoms with van der Waals surface area (Å²) in [6.45, 7) is 18.9. The van der Waals surface area contributed by atoms with Gasteiger partial charge in [0.05, 0.1) is 30.1 Å². The normalized spacial score (nSPS) is 17.1. The minimum atomic E-state index is -0.787. The maximum absolute atomic E-state index is 14.7. The van der Waals surface area contributed by atoms with Gasteiger partial charge in [0.25, 0.3) is 0 Å². The smallest absolute Gasteiger partial charge is 0.302 e. The highest BCUT2D eigenvalue weighted by molar-refractivity contribution is 5.95. The molecule has 1 saturated heterocycles. The van der Waals surface area contributed by atoms with Crippen molar-refractivity contribution in [2.24, 2.45) is 17.3 Å². The predicted molar refractivity (Wildman–Crippen MR) is 244 cm³/mol. The van der Waals surface area contributed by atoms with Crippen molar-refractivity contribution in [3.8, 4) is 22.4 Å². The Labute approximate surface area is 368 Å². The second kappa shape index (κ2) is 20.5. The molecular formula is C51H68FN5O5. The second-order valence-corrected chi connectivity index (χ2v) is 18.8. The maximum atomic E-state index is 14.7. The van der Waals surface area contributed by atoms with Gasteiger partial charge in [-0.2, -0.15) is 0 Å². The molecule has 62 heavy (non-hydrogen) atoms. The lowest BCUT2D eigenvalue weighted by Crippen LogP contribution is -2.53. The third-order valence-electron chi connectivity index (χ3n) is 13.1. The molecule has 0 bridgehead atoms. The number of nitrogens with zero attached hydrogens (tertiary/aromatic N) is 4. The molecule has 2 fully saturated rings. The average molecular weight is 850 g/mol. The predicted octanol–water partition coefficient (Wildman–Crippen LogP) is 9.09. The van der Waals surface area contributed by atoms with Gasteiger partial charge in [-0.1, -0.05) is 58.7 Å². The molecule has 6 rings (SSSR count). The van der Waals surface area contributed by atoms with Crippen molar-refractivity contribution < 1.29 is 28.3 Å². The molecule has 2 aromatic heterocycles. The number of benzene rings is 2. The Bertz CT molecular complexity index is 2230. The van der Waals surface area contributed by atoms with Gasteiger partial charge in [-0.05, 0) is 128 Å². The lowest BCUT2D eigenvalue weighted by Gasteiger charge is -2.33. The highest BCUT2D eigenvalue weighted by atomic mass is 19.1. The van der Waals surface area contributed by atoms with Crippen LogP contribution < -0.4 is 5.32 Å². The number of nitrogens with one attached hydrogen (secondary N) is 1. The number of fused-ring (bicyclic) bond motifs is 1. The number of esters is 1. The van der Waals surface area contributed by atoms with Crippen molar-refractivity contribution in [2.45, 2.75) is 132 Å². The van der Waals surface area contributed by atoms with E-state index in [1.54, 1.807) is 13.0 Å². The van der Waals surface area contributed by atoms with Crippen LogP contribution in [0.3, 0.4) is 0 Å². The van der Waals surface area contributed by atoms with Gasteiger partial charge < -0.3 is 24.3 Å². The number of hydrogen-bond donors (Lipinski definition) is 1. The van der Waals surface area contributed by atoms with Crippen molar-refractivity contribution in [3.05, 3.63) is 77.1 Å². The van der Waals surface area contributed by atoms with E-state index in [0.717, 1.165) is 108 Å². The van der Waals surface area contributed by atoms with E-state index in [1.807, 2.05) is 36.2 Å². The standard InChI is InChI=1S/C51H68FN5O5/c1-9-55(34(5)59)29-36-19-21-56(30-36)48(39-14-11-12-15-39)50(61)54-42(31-58)25-37-22-38(28-52)24-41(23-37)40-17-18-46-44(26-40)45(27-51(7,8)32-62-35(6)60)49(57(46)10-2)43-16-13-20-53-47(43)33(3)4/h13,16-18,20,22-24,26,31,33,36,39,42,48H,9-12,14-15,19,21,25,27-30,32H2,1-8H3,(H,54,61). The topological polar surface area (TPSA) is 114 Å². The van der Waals surface area contributed by atoms with Crippen molar-refractivity contribution in [1.29, 1.82) is 0 Å². The quantitative estimate of drug-likeness (QED) is 0.0740. The average Bonchev–Trinajstić information content (AvgIpc) is 4.02. The molecule has 2 aliphatic rings. The van der Waals surface area contributed by atoms with Crippen molar-refractivity contribution in [3.63, 3.8) is 0 Å². The first-order valence-electron chi connectivity index (χ1n) is 22.8. The third kappa shape index (κ3) is 10.8.